The highest BCUT2D eigenvalue weighted by Gasteiger charge is 2.38. The van der Waals surface area contributed by atoms with E-state index in [0.29, 0.717) is 5.56 Å². The fourth-order valence-electron chi connectivity index (χ4n) is 1.99. The van der Waals surface area contributed by atoms with E-state index in [9.17, 15) is 22.0 Å². The normalized spacial score (nSPS) is 13.8. The smallest absolute Gasteiger partial charge is 0.425 e. The molecule has 3 aromatic heterocycles. The van der Waals surface area contributed by atoms with Crippen molar-refractivity contribution >= 4 is 21.6 Å². The lowest BCUT2D eigenvalue weighted by molar-refractivity contribution is -0.189. The highest BCUT2D eigenvalue weighted by atomic mass is 79.9. The molecule has 26 heavy (non-hydrogen) atoms. The number of pyridine rings is 1. The molecular weight excluding hydrogens is 429 g/mol. The summed E-state index contributed by atoms with van der Waals surface area (Å²) < 4.78 is 70.2. The first-order valence-corrected chi connectivity index (χ1v) is 7.83. The Morgan fingerprint density at radius 3 is 2.38 bits per heavy atom. The molecular formula is C14H9BrF5N5O. The number of fused-ring (bicyclic) bond motifs is 1. The van der Waals surface area contributed by atoms with E-state index in [2.05, 4.69) is 36.1 Å². The molecule has 0 spiro atoms. The maximum atomic E-state index is 13.5. The van der Waals surface area contributed by atoms with E-state index in [1.165, 1.54) is 30.7 Å². The van der Waals surface area contributed by atoms with Crippen LogP contribution in [0.15, 0.2) is 30.7 Å². The van der Waals surface area contributed by atoms with Crippen molar-refractivity contribution in [1.29, 1.82) is 0 Å². The van der Waals surface area contributed by atoms with E-state index >= 15 is 0 Å². The second-order valence-electron chi connectivity index (χ2n) is 5.21. The summed E-state index contributed by atoms with van der Waals surface area (Å²) in [6.07, 6.45) is -2.80. The largest absolute Gasteiger partial charge is 0.465 e. The zero-order valence-electron chi connectivity index (χ0n) is 12.9. The van der Waals surface area contributed by atoms with Gasteiger partial charge in [-0.15, -0.1) is 10.2 Å². The number of alkyl halides is 6. The summed E-state index contributed by atoms with van der Waals surface area (Å²) in [7, 11) is 0. The Labute approximate surface area is 151 Å². The van der Waals surface area contributed by atoms with Crippen molar-refractivity contribution in [2.45, 2.75) is 24.0 Å². The molecule has 0 bridgehead atoms. The van der Waals surface area contributed by atoms with Crippen molar-refractivity contribution in [2.75, 3.05) is 0 Å². The lowest BCUT2D eigenvalue weighted by Crippen LogP contribution is -2.31. The topological polar surface area (TPSA) is 65.2 Å². The minimum Gasteiger partial charge on any atom is -0.465 e. The first-order chi connectivity index (χ1) is 12.1. The summed E-state index contributed by atoms with van der Waals surface area (Å²) in [5.74, 6) is -0.861. The van der Waals surface area contributed by atoms with Crippen molar-refractivity contribution in [3.05, 3.63) is 36.5 Å². The van der Waals surface area contributed by atoms with Gasteiger partial charge in [0.05, 0.1) is 11.9 Å². The van der Waals surface area contributed by atoms with Gasteiger partial charge in [0.2, 0.25) is 11.7 Å². The quantitative estimate of drug-likeness (QED) is 0.456. The van der Waals surface area contributed by atoms with Crippen LogP contribution >= 0.6 is 15.9 Å². The van der Waals surface area contributed by atoms with Crippen LogP contribution in [0.2, 0.25) is 0 Å². The molecule has 12 heteroatoms. The van der Waals surface area contributed by atoms with Crippen molar-refractivity contribution in [1.82, 2.24) is 24.6 Å². The van der Waals surface area contributed by atoms with Gasteiger partial charge in [-0.1, -0.05) is 0 Å². The van der Waals surface area contributed by atoms with Crippen LogP contribution in [0.4, 0.5) is 22.0 Å². The predicted molar refractivity (Wildman–Crippen MR) is 83.0 cm³/mol. The van der Waals surface area contributed by atoms with E-state index in [1.807, 2.05) is 0 Å². The number of hydrogen-bond donors (Lipinski definition) is 0. The summed E-state index contributed by atoms with van der Waals surface area (Å²) >= 11 is 2.22. The van der Waals surface area contributed by atoms with Crippen LogP contribution in [0.1, 0.15) is 12.7 Å². The Hall–Kier alpha value is -2.37. The van der Waals surface area contributed by atoms with Crippen LogP contribution in [0.5, 0.6) is 5.88 Å². The third-order valence-corrected chi connectivity index (χ3v) is 3.69. The fourth-order valence-corrected chi connectivity index (χ4v) is 2.26. The monoisotopic (exact) mass is 437 g/mol. The van der Waals surface area contributed by atoms with Crippen molar-refractivity contribution < 1.29 is 26.7 Å². The second-order valence-corrected chi connectivity index (χ2v) is 6.20. The first-order valence-electron chi connectivity index (χ1n) is 7.03. The Kier molecular flexibility index (Phi) is 4.54. The molecule has 0 radical (unpaired) electrons. The molecule has 0 saturated heterocycles. The van der Waals surface area contributed by atoms with Gasteiger partial charge >= 0.3 is 11.0 Å². The highest BCUT2D eigenvalue weighted by Crippen LogP contribution is 2.33. The van der Waals surface area contributed by atoms with Gasteiger partial charge in [0.15, 0.2) is 11.8 Å². The summed E-state index contributed by atoms with van der Waals surface area (Å²) in [5.41, 5.74) is 0.740. The van der Waals surface area contributed by atoms with Gasteiger partial charge < -0.3 is 4.74 Å². The third kappa shape index (κ3) is 3.74. The molecule has 138 valence electrons. The van der Waals surface area contributed by atoms with Crippen molar-refractivity contribution in [3.63, 3.8) is 0 Å². The number of aromatic nitrogens is 5. The van der Waals surface area contributed by atoms with Crippen molar-refractivity contribution in [3.8, 4) is 17.1 Å². The zero-order valence-corrected chi connectivity index (χ0v) is 14.5. The minimum atomic E-state index is -4.52. The average Bonchev–Trinajstić information content (AvgIpc) is 2.98. The molecule has 6 nitrogen and oxygen atoms in total. The highest BCUT2D eigenvalue weighted by molar-refractivity contribution is 9.09. The Bertz CT molecular complexity index is 922. The minimum absolute atomic E-state index is 0.106. The van der Waals surface area contributed by atoms with E-state index in [0.717, 1.165) is 11.3 Å². The number of ether oxygens (including phenoxy) is 1. The van der Waals surface area contributed by atoms with Gasteiger partial charge in [0.1, 0.15) is 0 Å². The predicted octanol–water partition coefficient (Wildman–Crippen LogP) is 3.96. The first kappa shape index (κ1) is 18.4. The average molecular weight is 438 g/mol. The molecule has 0 aliphatic heterocycles. The van der Waals surface area contributed by atoms with E-state index < -0.39 is 22.9 Å². The summed E-state index contributed by atoms with van der Waals surface area (Å²) in [5, 5.41) is 6.99. The number of halogens is 6. The molecule has 0 aliphatic rings. The lowest BCUT2D eigenvalue weighted by atomic mass is 10.2. The lowest BCUT2D eigenvalue weighted by Gasteiger charge is -2.16. The fraction of sp³-hybridized carbons (Fsp3) is 0.286. The SMILES string of the molecule is C[C@@H](Oc1ccc(-c2cn3c(C(F)(F)Br)nnc3cn2)cn1)C(F)(F)F. The van der Waals surface area contributed by atoms with Crippen LogP contribution < -0.4 is 4.74 Å². The van der Waals surface area contributed by atoms with Gasteiger partial charge in [-0.25, -0.2) is 4.98 Å². The molecule has 0 saturated carbocycles. The van der Waals surface area contributed by atoms with E-state index in [4.69, 9.17) is 4.74 Å². The Morgan fingerprint density at radius 1 is 1.08 bits per heavy atom. The maximum Gasteiger partial charge on any atom is 0.425 e. The standard InChI is InChI=1S/C14H9BrF5N5O/c1-7(14(18,19)20)26-11-3-2-8(4-22-11)9-6-25-10(5-21-9)23-24-12(25)13(15,16)17/h2-7H,1H3/t7-/m1/s1. The number of hydrogen-bond acceptors (Lipinski definition) is 5. The zero-order chi connectivity index (χ0) is 19.1. The molecule has 0 unspecified atom stereocenters. The Balaban J connectivity index is 1.90. The van der Waals surface area contributed by atoms with E-state index in [1.54, 1.807) is 0 Å². The van der Waals surface area contributed by atoms with Crippen LogP contribution in [-0.2, 0) is 4.83 Å². The summed E-state index contributed by atoms with van der Waals surface area (Å²) in [4.78, 5) is 4.45. The third-order valence-electron chi connectivity index (χ3n) is 3.34. The molecule has 0 N–H and O–H groups in total. The number of rotatable bonds is 4. The molecule has 3 heterocycles. The maximum absolute atomic E-state index is 13.5. The summed E-state index contributed by atoms with van der Waals surface area (Å²) in [6.45, 7) is 0.860. The molecule has 3 aromatic rings. The van der Waals surface area contributed by atoms with Gasteiger partial charge in [-0.05, 0) is 28.9 Å². The van der Waals surface area contributed by atoms with E-state index in [-0.39, 0.29) is 17.2 Å². The Morgan fingerprint density at radius 2 is 1.81 bits per heavy atom. The van der Waals surface area contributed by atoms with Crippen molar-refractivity contribution in [2.24, 2.45) is 0 Å². The van der Waals surface area contributed by atoms with Gasteiger partial charge in [-0.2, -0.15) is 22.0 Å². The van der Waals surface area contributed by atoms with Crippen LogP contribution in [0.25, 0.3) is 16.9 Å². The van der Waals surface area contributed by atoms with Crippen LogP contribution in [0.3, 0.4) is 0 Å². The van der Waals surface area contributed by atoms with Gasteiger partial charge in [0, 0.05) is 24.0 Å². The second kappa shape index (κ2) is 6.41. The molecule has 0 fully saturated rings. The van der Waals surface area contributed by atoms with Crippen LogP contribution in [-0.4, -0.2) is 36.8 Å². The number of nitrogens with zero attached hydrogens (tertiary/aromatic N) is 5. The summed E-state index contributed by atoms with van der Waals surface area (Å²) in [6, 6.07) is 2.64. The van der Waals surface area contributed by atoms with Gasteiger partial charge in [-0.3, -0.25) is 9.38 Å². The molecule has 0 aliphatic carbocycles. The van der Waals surface area contributed by atoms with Crippen LogP contribution in [0, 0.1) is 0 Å². The molecule has 0 amide bonds. The molecule has 1 atom stereocenters. The van der Waals surface area contributed by atoms with Gasteiger partial charge in [0.25, 0.3) is 0 Å². The molecule has 3 rings (SSSR count). The molecule has 0 aromatic carbocycles.